The number of carbonyl (C=O) groups excluding carboxylic acids is 3. The molecule has 1 aromatic carbocycles. The fourth-order valence-electron chi connectivity index (χ4n) is 10.3. The van der Waals surface area contributed by atoms with E-state index in [1.54, 1.807) is 0 Å². The molecule has 1 aromatic rings. The zero-order chi connectivity index (χ0) is 33.9. The number of halogens is 3. The zero-order valence-corrected chi connectivity index (χ0v) is 28.5. The maximum atomic E-state index is 13.8. The molecule has 2 saturated heterocycles. The maximum Gasteiger partial charge on any atom is 0.485 e. The summed E-state index contributed by atoms with van der Waals surface area (Å²) >= 11 is 0. The van der Waals surface area contributed by atoms with E-state index in [9.17, 15) is 27.6 Å². The molecule has 1 amide bonds. The molecule has 0 radical (unpaired) electrons. The van der Waals surface area contributed by atoms with E-state index in [4.69, 9.17) is 17.7 Å². The number of alkyl halides is 3. The molecule has 4 bridgehead atoms. The SMILES string of the molecule is CC1(C)[C@@H]2CC[C@@]1([C@@H]1[C@@H]3CC[C@@H](C3)[S+]1C1CCC(=O)C1C1CCCCN1C(=O)OCc1ccccc1)C(=O)C2.O=S(=O)([O-])C(F)(F)F. The lowest BCUT2D eigenvalue weighted by atomic mass is 9.64. The molecule has 4 unspecified atom stereocenters. The minimum Gasteiger partial charge on any atom is -0.741 e. The van der Waals surface area contributed by atoms with Crippen molar-refractivity contribution in [3.05, 3.63) is 35.9 Å². The number of likely N-dealkylation sites (tertiary alicyclic amines) is 1. The third kappa shape index (κ3) is 5.93. The van der Waals surface area contributed by atoms with E-state index in [1.807, 2.05) is 35.2 Å². The van der Waals surface area contributed by atoms with Gasteiger partial charge in [-0.2, -0.15) is 13.2 Å². The van der Waals surface area contributed by atoms with E-state index >= 15 is 0 Å². The molecular weight excluding hydrogens is 656 g/mol. The lowest BCUT2D eigenvalue weighted by Crippen LogP contribution is -2.58. The Labute approximate surface area is 277 Å². The summed E-state index contributed by atoms with van der Waals surface area (Å²) in [6.07, 6.45) is 11.1. The largest absolute Gasteiger partial charge is 0.741 e. The third-order valence-electron chi connectivity index (χ3n) is 12.5. The van der Waals surface area contributed by atoms with Crippen LogP contribution in [-0.4, -0.2) is 69.4 Å². The molecule has 4 saturated carbocycles. The van der Waals surface area contributed by atoms with E-state index in [2.05, 4.69) is 13.8 Å². The number of carbonyl (C=O) groups is 3. The lowest BCUT2D eigenvalue weighted by molar-refractivity contribution is -0.130. The van der Waals surface area contributed by atoms with Crippen molar-refractivity contribution in [2.24, 2.45) is 28.6 Å². The van der Waals surface area contributed by atoms with E-state index in [-0.39, 0.29) is 46.4 Å². The summed E-state index contributed by atoms with van der Waals surface area (Å²) < 4.78 is 64.7. The first-order valence-corrected chi connectivity index (χ1v) is 19.7. The number of Topliss-reactive ketones (excluding diaryl/α,β-unsaturated/α-hetero) is 2. The maximum absolute atomic E-state index is 13.8. The van der Waals surface area contributed by atoms with Crippen LogP contribution in [0.15, 0.2) is 30.3 Å². The number of ketones is 2. The second-order valence-corrected chi connectivity index (χ2v) is 18.8. The fourth-order valence-corrected chi connectivity index (χ4v) is 15.3. The van der Waals surface area contributed by atoms with Crippen molar-refractivity contribution < 1.29 is 45.3 Å². The number of hydrogen-bond acceptors (Lipinski definition) is 7. The highest BCUT2D eigenvalue weighted by Crippen LogP contribution is 2.71. The lowest BCUT2D eigenvalue weighted by Gasteiger charge is -2.46. The Hall–Kier alpha value is -2.12. The highest BCUT2D eigenvalue weighted by atomic mass is 32.2. The number of ether oxygens (including phenoxy) is 1. The van der Waals surface area contributed by atoms with E-state index < -0.39 is 15.6 Å². The topological polar surface area (TPSA) is 121 Å². The molecule has 0 spiro atoms. The van der Waals surface area contributed by atoms with Crippen LogP contribution in [0.5, 0.6) is 0 Å². The molecule has 9 atom stereocenters. The summed E-state index contributed by atoms with van der Waals surface area (Å²) in [6, 6.07) is 9.79. The summed E-state index contributed by atoms with van der Waals surface area (Å²) in [6.45, 7) is 5.73. The zero-order valence-electron chi connectivity index (χ0n) is 26.9. The van der Waals surface area contributed by atoms with Crippen molar-refractivity contribution in [1.29, 1.82) is 0 Å². The Balaban J connectivity index is 0.000000431. The van der Waals surface area contributed by atoms with Gasteiger partial charge in [0.05, 0.1) is 11.3 Å². The molecule has 6 aliphatic rings. The monoisotopic (exact) mass is 699 g/mol. The van der Waals surface area contributed by atoms with Gasteiger partial charge in [-0.15, -0.1) is 0 Å². The molecule has 6 fully saturated rings. The van der Waals surface area contributed by atoms with Gasteiger partial charge in [0, 0.05) is 44.2 Å². The van der Waals surface area contributed by atoms with Crippen LogP contribution in [0.25, 0.3) is 0 Å². The van der Waals surface area contributed by atoms with Gasteiger partial charge < -0.3 is 14.2 Å². The van der Waals surface area contributed by atoms with Crippen LogP contribution in [0.2, 0.25) is 0 Å². The van der Waals surface area contributed by atoms with Gasteiger partial charge >= 0.3 is 11.6 Å². The number of nitrogens with zero attached hydrogens (tertiary/aromatic N) is 1. The van der Waals surface area contributed by atoms with Gasteiger partial charge in [-0.05, 0) is 72.7 Å². The van der Waals surface area contributed by atoms with E-state index in [0.717, 1.165) is 44.1 Å². The first-order valence-electron chi connectivity index (χ1n) is 16.8. The predicted molar refractivity (Wildman–Crippen MR) is 169 cm³/mol. The number of fused-ring (bicyclic) bond motifs is 4. The Kier molecular flexibility index (Phi) is 9.34. The van der Waals surface area contributed by atoms with Crippen molar-refractivity contribution in [2.75, 3.05) is 6.54 Å². The summed E-state index contributed by atoms with van der Waals surface area (Å²) in [5.41, 5.74) is -4.77. The first kappa shape index (κ1) is 34.7. The minimum atomic E-state index is -6.09. The molecule has 4 aliphatic carbocycles. The van der Waals surface area contributed by atoms with Gasteiger partial charge in [0.25, 0.3) is 0 Å². The van der Waals surface area contributed by atoms with Gasteiger partial charge in [0.2, 0.25) is 0 Å². The summed E-state index contributed by atoms with van der Waals surface area (Å²) in [7, 11) is -6.02. The molecule has 47 heavy (non-hydrogen) atoms. The smallest absolute Gasteiger partial charge is 0.485 e. The highest BCUT2D eigenvalue weighted by molar-refractivity contribution is 7.99. The van der Waals surface area contributed by atoms with Crippen molar-refractivity contribution in [3.63, 3.8) is 0 Å². The van der Waals surface area contributed by atoms with Crippen molar-refractivity contribution >= 4 is 38.7 Å². The van der Waals surface area contributed by atoms with Gasteiger partial charge in [0.1, 0.15) is 33.9 Å². The van der Waals surface area contributed by atoms with Crippen molar-refractivity contribution in [2.45, 2.75) is 118 Å². The van der Waals surface area contributed by atoms with E-state index in [1.165, 1.54) is 25.7 Å². The van der Waals surface area contributed by atoms with Crippen molar-refractivity contribution in [3.8, 4) is 0 Å². The fraction of sp³-hybridized carbons (Fsp3) is 0.735. The normalized spacial score (nSPS) is 37.6. The van der Waals surface area contributed by atoms with Gasteiger partial charge in [-0.1, -0.05) is 44.2 Å². The Morgan fingerprint density at radius 1 is 1.06 bits per heavy atom. The molecule has 2 heterocycles. The van der Waals surface area contributed by atoms with Gasteiger partial charge in [-0.25, -0.2) is 13.2 Å². The predicted octanol–water partition coefficient (Wildman–Crippen LogP) is 6.14. The van der Waals surface area contributed by atoms with Gasteiger partial charge in [0.15, 0.2) is 10.1 Å². The Bertz CT molecular complexity index is 1490. The quantitative estimate of drug-likeness (QED) is 0.206. The van der Waals surface area contributed by atoms with Crippen LogP contribution in [0.1, 0.15) is 90.0 Å². The van der Waals surface area contributed by atoms with Crippen LogP contribution >= 0.6 is 0 Å². The van der Waals surface area contributed by atoms with Crippen LogP contribution in [-0.2, 0) is 41.9 Å². The summed E-state index contributed by atoms with van der Waals surface area (Å²) in [4.78, 5) is 43.0. The van der Waals surface area contributed by atoms with Crippen molar-refractivity contribution in [1.82, 2.24) is 4.90 Å². The molecular formula is C34H44F3NO7S2. The minimum absolute atomic E-state index is 0.0598. The standard InChI is InChI=1S/C33H44NO4S.CHF3O3S/c1-32(2)23-15-16-33(32,28(36)19-23)30-22-11-12-24(18-22)39(30)27-14-13-26(35)29(27)25-10-6-7-17-34(25)31(37)38-20-21-8-4-3-5-9-21;2-1(3,4)8(5,6)7/h3-5,8-9,22-25,27,29-30H,6-7,10-20H2,1-2H3;(H,5,6,7)/q+1;/p-1/t22-,23-,24+,25?,27?,29?,30+,33+,39?;/m1./s1. The summed E-state index contributed by atoms with van der Waals surface area (Å²) in [5.74, 6) is 1.99. The Morgan fingerprint density at radius 2 is 1.77 bits per heavy atom. The average Bonchev–Trinajstić information content (AvgIpc) is 3.81. The number of benzene rings is 1. The number of rotatable bonds is 5. The Morgan fingerprint density at radius 3 is 2.38 bits per heavy atom. The van der Waals surface area contributed by atoms with Crippen LogP contribution in [0, 0.1) is 28.6 Å². The van der Waals surface area contributed by atoms with E-state index in [0.29, 0.717) is 52.1 Å². The van der Waals surface area contributed by atoms with Crippen LogP contribution in [0.3, 0.4) is 0 Å². The second kappa shape index (κ2) is 12.6. The average molecular weight is 700 g/mol. The number of amides is 1. The first-order chi connectivity index (χ1) is 22.1. The number of piperidine rings is 1. The van der Waals surface area contributed by atoms with Crippen LogP contribution in [0.4, 0.5) is 18.0 Å². The molecule has 13 heteroatoms. The van der Waals surface area contributed by atoms with Crippen LogP contribution < -0.4 is 0 Å². The highest BCUT2D eigenvalue weighted by Gasteiger charge is 2.77. The third-order valence-corrected chi connectivity index (χ3v) is 16.9. The molecule has 8 nitrogen and oxygen atoms in total. The molecule has 260 valence electrons. The molecule has 2 aliphatic heterocycles. The molecule has 7 rings (SSSR count). The van der Waals surface area contributed by atoms with Gasteiger partial charge in [-0.3, -0.25) is 9.59 Å². The molecule has 0 N–H and O–H groups in total. The summed E-state index contributed by atoms with van der Waals surface area (Å²) in [5, 5.41) is 1.44. The number of hydrogen-bond donors (Lipinski definition) is 0. The second-order valence-electron chi connectivity index (χ2n) is 14.8. The molecule has 0 aromatic heterocycles.